The average Bonchev–Trinajstić information content (AvgIpc) is 2.61. The summed E-state index contributed by atoms with van der Waals surface area (Å²) in [5.41, 5.74) is 2.62. The van der Waals surface area contributed by atoms with Crippen molar-refractivity contribution in [1.82, 2.24) is 4.90 Å². The fourth-order valence-corrected chi connectivity index (χ4v) is 3.20. The van der Waals surface area contributed by atoms with Crippen LogP contribution in [-0.2, 0) is 11.5 Å². The van der Waals surface area contributed by atoms with Gasteiger partial charge >= 0.3 is 0 Å². The van der Waals surface area contributed by atoms with Crippen LogP contribution in [0.2, 0.25) is 0 Å². The molecule has 0 saturated carbocycles. The molecule has 2 aromatic carbocycles. The lowest BCUT2D eigenvalue weighted by Crippen LogP contribution is -2.46. The van der Waals surface area contributed by atoms with Crippen LogP contribution in [0.4, 0.5) is 5.69 Å². The SMILES string of the molecule is [O]c1ccc(N2CCN(CCCCc3ccccc3)CC2)cc1. The third-order valence-corrected chi connectivity index (χ3v) is 4.61. The number of rotatable bonds is 6. The van der Waals surface area contributed by atoms with Crippen LogP contribution in [0, 0.1) is 0 Å². The van der Waals surface area contributed by atoms with Gasteiger partial charge < -0.3 is 4.90 Å². The molecule has 0 bridgehead atoms. The smallest absolute Gasteiger partial charge is 0.178 e. The fraction of sp³-hybridized carbons (Fsp3) is 0.400. The Morgan fingerprint density at radius 1 is 0.783 bits per heavy atom. The fourth-order valence-electron chi connectivity index (χ4n) is 3.20. The van der Waals surface area contributed by atoms with Crippen LogP contribution in [0.3, 0.4) is 0 Å². The Hall–Kier alpha value is -2.00. The van der Waals surface area contributed by atoms with E-state index in [4.69, 9.17) is 0 Å². The normalized spacial score (nSPS) is 15.7. The van der Waals surface area contributed by atoms with E-state index in [9.17, 15) is 5.11 Å². The summed E-state index contributed by atoms with van der Waals surface area (Å²) in [5, 5.41) is 11.2. The molecule has 0 amide bonds. The van der Waals surface area contributed by atoms with Gasteiger partial charge in [-0.25, -0.2) is 0 Å². The number of anilines is 1. The van der Waals surface area contributed by atoms with Gasteiger partial charge in [-0.1, -0.05) is 30.3 Å². The summed E-state index contributed by atoms with van der Waals surface area (Å²) in [6, 6.07) is 17.9. The first-order valence-corrected chi connectivity index (χ1v) is 8.59. The van der Waals surface area contributed by atoms with E-state index >= 15 is 0 Å². The number of benzene rings is 2. The minimum absolute atomic E-state index is 0.0887. The molecule has 0 unspecified atom stereocenters. The van der Waals surface area contributed by atoms with Crippen molar-refractivity contribution in [3.8, 4) is 5.75 Å². The Morgan fingerprint density at radius 2 is 1.48 bits per heavy atom. The van der Waals surface area contributed by atoms with Crippen LogP contribution < -0.4 is 4.90 Å². The molecule has 0 aromatic heterocycles. The summed E-state index contributed by atoms with van der Waals surface area (Å²) in [6.45, 7) is 5.53. The second-order valence-electron chi connectivity index (χ2n) is 6.27. The molecule has 3 rings (SSSR count). The van der Waals surface area contributed by atoms with Gasteiger partial charge in [-0.15, -0.1) is 0 Å². The largest absolute Gasteiger partial charge is 0.369 e. The highest BCUT2D eigenvalue weighted by Gasteiger charge is 2.16. The van der Waals surface area contributed by atoms with Crippen LogP contribution in [0.25, 0.3) is 0 Å². The van der Waals surface area contributed by atoms with Crippen molar-refractivity contribution in [1.29, 1.82) is 0 Å². The van der Waals surface area contributed by atoms with E-state index in [2.05, 4.69) is 40.1 Å². The molecule has 121 valence electrons. The minimum atomic E-state index is 0.0887. The summed E-state index contributed by atoms with van der Waals surface area (Å²) in [5.74, 6) is 0.0887. The van der Waals surface area contributed by atoms with E-state index in [-0.39, 0.29) is 5.75 Å². The molecule has 1 heterocycles. The second-order valence-corrected chi connectivity index (χ2v) is 6.27. The Kier molecular flexibility index (Phi) is 5.54. The van der Waals surface area contributed by atoms with Gasteiger partial charge in [-0.3, -0.25) is 10.0 Å². The van der Waals surface area contributed by atoms with Gasteiger partial charge in [0.1, 0.15) is 0 Å². The molecule has 0 N–H and O–H groups in total. The third kappa shape index (κ3) is 4.73. The summed E-state index contributed by atoms with van der Waals surface area (Å²) >= 11 is 0. The van der Waals surface area contributed by atoms with Crippen molar-refractivity contribution in [2.24, 2.45) is 0 Å². The molecule has 3 heteroatoms. The quantitative estimate of drug-likeness (QED) is 0.755. The predicted molar refractivity (Wildman–Crippen MR) is 94.6 cm³/mol. The molecular formula is C20H25N2O. The first kappa shape index (κ1) is 15.9. The molecule has 3 nitrogen and oxygen atoms in total. The van der Waals surface area contributed by atoms with E-state index in [1.165, 1.54) is 37.1 Å². The summed E-state index contributed by atoms with van der Waals surface area (Å²) in [6.07, 6.45) is 3.71. The van der Waals surface area contributed by atoms with E-state index in [0.29, 0.717) is 0 Å². The molecule has 1 aliphatic heterocycles. The zero-order chi connectivity index (χ0) is 15.9. The van der Waals surface area contributed by atoms with Gasteiger partial charge in [0.25, 0.3) is 0 Å². The highest BCUT2D eigenvalue weighted by Crippen LogP contribution is 2.20. The molecule has 1 aliphatic rings. The maximum Gasteiger partial charge on any atom is 0.178 e. The Morgan fingerprint density at radius 3 is 2.17 bits per heavy atom. The molecular weight excluding hydrogens is 284 g/mol. The van der Waals surface area contributed by atoms with Gasteiger partial charge in [0, 0.05) is 31.9 Å². The minimum Gasteiger partial charge on any atom is -0.369 e. The number of nitrogens with zero attached hydrogens (tertiary/aromatic N) is 2. The molecule has 1 radical (unpaired) electrons. The van der Waals surface area contributed by atoms with Crippen LogP contribution in [0.5, 0.6) is 5.75 Å². The van der Waals surface area contributed by atoms with Crippen molar-refractivity contribution in [2.75, 3.05) is 37.6 Å². The summed E-state index contributed by atoms with van der Waals surface area (Å²) < 4.78 is 0. The van der Waals surface area contributed by atoms with Crippen LogP contribution in [0.1, 0.15) is 18.4 Å². The lowest BCUT2D eigenvalue weighted by molar-refractivity contribution is 0.253. The van der Waals surface area contributed by atoms with E-state index in [1.54, 1.807) is 12.1 Å². The number of hydrogen-bond acceptors (Lipinski definition) is 2. The Labute approximate surface area is 139 Å². The maximum atomic E-state index is 11.2. The monoisotopic (exact) mass is 309 g/mol. The lowest BCUT2D eigenvalue weighted by atomic mass is 10.1. The molecule has 1 saturated heterocycles. The molecule has 0 aliphatic carbocycles. The van der Waals surface area contributed by atoms with Crippen molar-refractivity contribution < 1.29 is 5.11 Å². The van der Waals surface area contributed by atoms with Crippen molar-refractivity contribution in [2.45, 2.75) is 19.3 Å². The van der Waals surface area contributed by atoms with E-state index < -0.39 is 0 Å². The molecule has 23 heavy (non-hydrogen) atoms. The van der Waals surface area contributed by atoms with Gasteiger partial charge in [0.2, 0.25) is 0 Å². The van der Waals surface area contributed by atoms with Gasteiger partial charge in [-0.2, -0.15) is 0 Å². The average molecular weight is 309 g/mol. The predicted octanol–water partition coefficient (Wildman–Crippen LogP) is 3.98. The van der Waals surface area contributed by atoms with Crippen molar-refractivity contribution in [3.05, 3.63) is 60.2 Å². The summed E-state index contributed by atoms with van der Waals surface area (Å²) in [7, 11) is 0. The number of aryl methyl sites for hydroxylation is 1. The van der Waals surface area contributed by atoms with Gasteiger partial charge in [0.05, 0.1) is 0 Å². The van der Waals surface area contributed by atoms with Crippen molar-refractivity contribution in [3.63, 3.8) is 0 Å². The third-order valence-electron chi connectivity index (χ3n) is 4.61. The standard InChI is InChI=1S/C20H25N2O/c23-20-11-9-19(10-12-20)22-16-14-21(15-17-22)13-5-4-8-18-6-2-1-3-7-18/h1-3,6-7,9-12H,4-5,8,13-17H2. The first-order chi connectivity index (χ1) is 11.3. The first-order valence-electron chi connectivity index (χ1n) is 8.59. The van der Waals surface area contributed by atoms with E-state index in [0.717, 1.165) is 26.2 Å². The highest BCUT2D eigenvalue weighted by molar-refractivity contribution is 5.49. The van der Waals surface area contributed by atoms with Gasteiger partial charge in [-0.05, 0) is 55.6 Å². The Bertz CT molecular complexity index is 574. The topological polar surface area (TPSA) is 26.4 Å². The van der Waals surface area contributed by atoms with E-state index in [1.807, 2.05) is 12.1 Å². The molecule has 1 fully saturated rings. The number of unbranched alkanes of at least 4 members (excludes halogenated alkanes) is 1. The number of hydrogen-bond donors (Lipinski definition) is 0. The van der Waals surface area contributed by atoms with Gasteiger partial charge in [0.15, 0.2) is 5.75 Å². The zero-order valence-electron chi connectivity index (χ0n) is 13.7. The van der Waals surface area contributed by atoms with Crippen LogP contribution >= 0.6 is 0 Å². The van der Waals surface area contributed by atoms with Crippen molar-refractivity contribution >= 4 is 5.69 Å². The molecule has 2 aromatic rings. The number of piperazine rings is 1. The summed E-state index contributed by atoms with van der Waals surface area (Å²) in [4.78, 5) is 4.93. The lowest BCUT2D eigenvalue weighted by Gasteiger charge is -2.36. The second kappa shape index (κ2) is 8.02. The van der Waals surface area contributed by atoms with Crippen LogP contribution in [-0.4, -0.2) is 37.6 Å². The molecule has 0 atom stereocenters. The maximum absolute atomic E-state index is 11.2. The van der Waals surface area contributed by atoms with Crippen LogP contribution in [0.15, 0.2) is 54.6 Å². The zero-order valence-corrected chi connectivity index (χ0v) is 13.7. The Balaban J connectivity index is 1.35. The highest BCUT2D eigenvalue weighted by atomic mass is 16.3. The molecule has 0 spiro atoms.